The highest BCUT2D eigenvalue weighted by Crippen LogP contribution is 2.28. The second kappa shape index (κ2) is 5.61. The lowest BCUT2D eigenvalue weighted by Crippen LogP contribution is -2.12. The second-order valence-electron chi connectivity index (χ2n) is 4.50. The van der Waals surface area contributed by atoms with Crippen LogP contribution in [-0.4, -0.2) is 36.8 Å². The summed E-state index contributed by atoms with van der Waals surface area (Å²) in [7, 11) is -3.53. The van der Waals surface area contributed by atoms with Crippen molar-refractivity contribution >= 4 is 22.5 Å². The van der Waals surface area contributed by atoms with E-state index in [1.165, 1.54) is 6.33 Å². The third-order valence-corrected chi connectivity index (χ3v) is 4.32. The molecular formula is C14H15N3O3S. The van der Waals surface area contributed by atoms with Crippen molar-refractivity contribution in [2.24, 2.45) is 4.99 Å². The Morgan fingerprint density at radius 2 is 2.14 bits per heavy atom. The summed E-state index contributed by atoms with van der Waals surface area (Å²) in [5.41, 5.74) is 1.17. The first-order chi connectivity index (χ1) is 9.90. The van der Waals surface area contributed by atoms with Crippen molar-refractivity contribution in [2.75, 3.05) is 6.26 Å². The predicted molar refractivity (Wildman–Crippen MR) is 79.9 cm³/mol. The first-order valence-corrected chi connectivity index (χ1v) is 8.14. The Balaban J connectivity index is 2.87. The number of aromatic nitrogens is 2. The van der Waals surface area contributed by atoms with E-state index < -0.39 is 15.7 Å². The molecule has 0 unspecified atom stereocenters. The maximum absolute atomic E-state index is 12.2. The minimum atomic E-state index is -3.53. The Bertz CT molecular complexity index is 793. The molecule has 1 heterocycles. The fourth-order valence-electron chi connectivity index (χ4n) is 2.27. The van der Waals surface area contributed by atoms with Crippen molar-refractivity contribution in [1.82, 2.24) is 9.55 Å². The Kier molecular flexibility index (Phi) is 4.04. The molecule has 0 radical (unpaired) electrons. The number of hydrogen-bond acceptors (Lipinski definition) is 4. The van der Waals surface area contributed by atoms with Gasteiger partial charge in [0, 0.05) is 24.2 Å². The number of benzene rings is 1. The summed E-state index contributed by atoms with van der Waals surface area (Å²) >= 11 is 0. The fourth-order valence-corrected chi connectivity index (χ4v) is 3.53. The van der Waals surface area contributed by atoms with E-state index in [0.717, 1.165) is 6.26 Å². The third-order valence-electron chi connectivity index (χ3n) is 3.12. The van der Waals surface area contributed by atoms with Crippen LogP contribution in [0.3, 0.4) is 0 Å². The lowest BCUT2D eigenvalue weighted by atomic mass is 10.0. The Labute approximate surface area is 123 Å². The van der Waals surface area contributed by atoms with Crippen LogP contribution < -0.4 is 0 Å². The first-order valence-electron chi connectivity index (χ1n) is 6.25. The molecule has 1 aromatic carbocycles. The maximum atomic E-state index is 12.2. The summed E-state index contributed by atoms with van der Waals surface area (Å²) < 4.78 is 26.0. The lowest BCUT2D eigenvalue weighted by molar-refractivity contribution is 0.100. The van der Waals surface area contributed by atoms with Crippen LogP contribution in [0.25, 0.3) is 5.69 Å². The van der Waals surface area contributed by atoms with Gasteiger partial charge in [0.2, 0.25) is 0 Å². The highest BCUT2D eigenvalue weighted by atomic mass is 32.2. The van der Waals surface area contributed by atoms with Gasteiger partial charge in [0.05, 0.1) is 16.9 Å². The van der Waals surface area contributed by atoms with E-state index in [-0.39, 0.29) is 10.5 Å². The number of sulfone groups is 1. The molecule has 110 valence electrons. The van der Waals surface area contributed by atoms with Crippen molar-refractivity contribution in [3.63, 3.8) is 0 Å². The molecule has 0 saturated heterocycles. The van der Waals surface area contributed by atoms with Crippen molar-refractivity contribution in [3.8, 4) is 5.69 Å². The molecule has 0 fully saturated rings. The van der Waals surface area contributed by atoms with Gasteiger partial charge >= 0.3 is 0 Å². The van der Waals surface area contributed by atoms with Gasteiger partial charge in [-0.1, -0.05) is 6.92 Å². The van der Waals surface area contributed by atoms with Crippen molar-refractivity contribution < 1.29 is 13.2 Å². The van der Waals surface area contributed by atoms with Gasteiger partial charge in [-0.25, -0.2) is 18.4 Å². The molecule has 0 spiro atoms. The third kappa shape index (κ3) is 2.78. The minimum absolute atomic E-state index is 0.123. The van der Waals surface area contributed by atoms with Crippen molar-refractivity contribution in [3.05, 3.63) is 42.0 Å². The number of nitrogens with zero attached hydrogens (tertiary/aromatic N) is 3. The summed E-state index contributed by atoms with van der Waals surface area (Å²) in [5, 5.41) is 0. The molecule has 0 aliphatic heterocycles. The molecule has 2 rings (SSSR count). The number of amides is 1. The summed E-state index contributed by atoms with van der Waals surface area (Å²) in [6.45, 7) is 5.01. The zero-order chi connectivity index (χ0) is 15.6. The second-order valence-corrected chi connectivity index (χ2v) is 6.45. The number of imidazole rings is 1. The Morgan fingerprint density at radius 1 is 1.43 bits per heavy atom. The standard InChI is InChI=1S/C14H15N3O3S/c1-4-10-11(14(18)15-2)5-6-12(13(10)21(3,19)20)17-8-7-16-9-17/h5-9H,2,4H2,1,3H3. The molecule has 0 aliphatic rings. The number of aliphatic imine (C=N–C) groups is 1. The molecule has 1 amide bonds. The van der Waals surface area contributed by atoms with Gasteiger partial charge in [-0.3, -0.25) is 4.79 Å². The molecule has 7 heteroatoms. The molecule has 0 atom stereocenters. The largest absolute Gasteiger partial charge is 0.305 e. The van der Waals surface area contributed by atoms with Gasteiger partial charge in [-0.2, -0.15) is 0 Å². The SMILES string of the molecule is C=NC(=O)c1ccc(-n2ccnc2)c(S(C)(=O)=O)c1CC. The quantitative estimate of drug-likeness (QED) is 0.805. The minimum Gasteiger partial charge on any atom is -0.305 e. The van der Waals surface area contributed by atoms with E-state index in [1.807, 2.05) is 0 Å². The zero-order valence-electron chi connectivity index (χ0n) is 11.8. The van der Waals surface area contributed by atoms with Crippen LogP contribution in [0.5, 0.6) is 0 Å². The van der Waals surface area contributed by atoms with Gasteiger partial charge in [-0.15, -0.1) is 0 Å². The summed E-state index contributed by atoms with van der Waals surface area (Å²) in [5.74, 6) is -0.533. The van der Waals surface area contributed by atoms with E-state index in [9.17, 15) is 13.2 Å². The van der Waals surface area contributed by atoms with Crippen LogP contribution in [0.4, 0.5) is 0 Å². The summed E-state index contributed by atoms with van der Waals surface area (Å²) in [4.78, 5) is 19.3. The fraction of sp³-hybridized carbons (Fsp3) is 0.214. The van der Waals surface area contributed by atoms with E-state index in [0.29, 0.717) is 17.7 Å². The molecular weight excluding hydrogens is 290 g/mol. The summed E-state index contributed by atoms with van der Waals surface area (Å²) in [6.07, 6.45) is 6.23. The Hall–Kier alpha value is -2.28. The first kappa shape index (κ1) is 15.1. The van der Waals surface area contributed by atoms with Crippen molar-refractivity contribution in [1.29, 1.82) is 0 Å². The topological polar surface area (TPSA) is 81.4 Å². The Morgan fingerprint density at radius 3 is 2.62 bits per heavy atom. The monoisotopic (exact) mass is 305 g/mol. The van der Waals surface area contributed by atoms with Crippen LogP contribution in [0.15, 0.2) is 40.7 Å². The zero-order valence-corrected chi connectivity index (χ0v) is 12.6. The molecule has 6 nitrogen and oxygen atoms in total. The van der Waals surface area contributed by atoms with Gasteiger partial charge < -0.3 is 4.57 Å². The number of carbonyl (C=O) groups is 1. The number of carbonyl (C=O) groups excluding carboxylic acids is 1. The van der Waals surface area contributed by atoms with Crippen LogP contribution in [-0.2, 0) is 16.3 Å². The highest BCUT2D eigenvalue weighted by Gasteiger charge is 2.23. The van der Waals surface area contributed by atoms with E-state index in [4.69, 9.17) is 0 Å². The number of rotatable bonds is 4. The molecule has 21 heavy (non-hydrogen) atoms. The molecule has 0 aliphatic carbocycles. The van der Waals surface area contributed by atoms with Gasteiger partial charge in [0.1, 0.15) is 0 Å². The number of hydrogen-bond donors (Lipinski definition) is 0. The molecule has 0 saturated carbocycles. The van der Waals surface area contributed by atoms with E-state index in [2.05, 4.69) is 16.7 Å². The van der Waals surface area contributed by atoms with E-state index >= 15 is 0 Å². The smallest absolute Gasteiger partial charge is 0.276 e. The lowest BCUT2D eigenvalue weighted by Gasteiger charge is -2.15. The molecule has 2 aromatic rings. The molecule has 1 aromatic heterocycles. The predicted octanol–water partition coefficient (Wildman–Crippen LogP) is 1.68. The van der Waals surface area contributed by atoms with Crippen LogP contribution in [0.2, 0.25) is 0 Å². The van der Waals surface area contributed by atoms with Crippen LogP contribution >= 0.6 is 0 Å². The van der Waals surface area contributed by atoms with Crippen LogP contribution in [0.1, 0.15) is 22.8 Å². The average Bonchev–Trinajstić information content (AvgIpc) is 2.97. The van der Waals surface area contributed by atoms with Gasteiger partial charge in [0.15, 0.2) is 9.84 Å². The van der Waals surface area contributed by atoms with Crippen LogP contribution in [0, 0.1) is 0 Å². The average molecular weight is 305 g/mol. The van der Waals surface area contributed by atoms with E-state index in [1.54, 1.807) is 36.0 Å². The highest BCUT2D eigenvalue weighted by molar-refractivity contribution is 7.90. The van der Waals surface area contributed by atoms with Gasteiger partial charge in [0.25, 0.3) is 5.91 Å². The maximum Gasteiger partial charge on any atom is 0.276 e. The van der Waals surface area contributed by atoms with Crippen molar-refractivity contribution in [2.45, 2.75) is 18.2 Å². The summed E-state index contributed by atoms with van der Waals surface area (Å²) in [6, 6.07) is 3.15. The molecule has 0 N–H and O–H groups in total. The molecule has 0 bridgehead atoms. The normalized spacial score (nSPS) is 11.3. The van der Waals surface area contributed by atoms with Gasteiger partial charge in [-0.05, 0) is 30.8 Å².